The Morgan fingerprint density at radius 1 is 1.24 bits per heavy atom. The molecule has 0 amide bonds. The minimum Gasteiger partial charge on any atom is -0.392 e. The molecule has 2 N–H and O–H groups in total. The lowest BCUT2D eigenvalue weighted by Crippen LogP contribution is -2.36. The largest absolute Gasteiger partial charge is 0.392 e. The molecule has 3 rings (SSSR count). The maximum absolute atomic E-state index is 10.6. The average Bonchev–Trinajstić information content (AvgIpc) is 3.22. The van der Waals surface area contributed by atoms with Gasteiger partial charge in [-0.3, -0.25) is 4.90 Å². The van der Waals surface area contributed by atoms with Gasteiger partial charge in [0.1, 0.15) is 0 Å². The van der Waals surface area contributed by atoms with Gasteiger partial charge < -0.3 is 14.9 Å². The van der Waals surface area contributed by atoms with E-state index in [-0.39, 0.29) is 12.0 Å². The van der Waals surface area contributed by atoms with Crippen molar-refractivity contribution in [3.05, 3.63) is 23.8 Å². The average molecular weight is 406 g/mol. The highest BCUT2D eigenvalue weighted by Gasteiger charge is 2.43. The van der Waals surface area contributed by atoms with Gasteiger partial charge in [-0.1, -0.05) is 43.6 Å². The Balaban J connectivity index is 1.40. The number of hydrogen-bond donors (Lipinski definition) is 2. The number of ether oxygens (including phenoxy) is 1. The van der Waals surface area contributed by atoms with Gasteiger partial charge in [0.15, 0.2) is 0 Å². The zero-order valence-corrected chi connectivity index (χ0v) is 18.7. The van der Waals surface area contributed by atoms with E-state index >= 15 is 0 Å². The summed E-state index contributed by atoms with van der Waals surface area (Å²) in [4.78, 5) is 2.52. The molecule has 0 radical (unpaired) electrons. The molecule has 0 aromatic rings. The summed E-state index contributed by atoms with van der Waals surface area (Å²) in [7, 11) is 0. The van der Waals surface area contributed by atoms with E-state index in [0.29, 0.717) is 18.3 Å². The number of rotatable bonds is 11. The second-order valence-corrected chi connectivity index (χ2v) is 9.88. The van der Waals surface area contributed by atoms with Crippen molar-refractivity contribution in [1.29, 1.82) is 0 Å². The molecule has 5 atom stereocenters. The molecular weight excluding hydrogens is 362 g/mol. The second kappa shape index (κ2) is 11.1. The van der Waals surface area contributed by atoms with Crippen LogP contribution in [0.5, 0.6) is 0 Å². The second-order valence-electron chi connectivity index (χ2n) is 9.88. The van der Waals surface area contributed by atoms with Gasteiger partial charge in [-0.25, -0.2) is 0 Å². The Hall–Kier alpha value is -0.680. The van der Waals surface area contributed by atoms with Crippen LogP contribution in [-0.2, 0) is 4.74 Å². The number of aliphatic hydroxyl groups excluding tert-OH is 1. The Bertz CT molecular complexity index is 550. The SMILES string of the molecule is CCCC[C@](C)(O)CC=C[C@@H]1[C@H]2CC(CCCCN3CCOCC3)=C[C@H]2C[C@H]1O. The van der Waals surface area contributed by atoms with Crippen molar-refractivity contribution in [2.24, 2.45) is 17.8 Å². The van der Waals surface area contributed by atoms with Crippen LogP contribution in [0.4, 0.5) is 0 Å². The van der Waals surface area contributed by atoms with E-state index in [1.807, 2.05) is 6.92 Å². The lowest BCUT2D eigenvalue weighted by Gasteiger charge is -2.26. The van der Waals surface area contributed by atoms with Crippen LogP contribution in [0.25, 0.3) is 0 Å². The van der Waals surface area contributed by atoms with Crippen LogP contribution in [0.2, 0.25) is 0 Å². The van der Waals surface area contributed by atoms with Crippen molar-refractivity contribution in [3.8, 4) is 0 Å². The number of unbranched alkanes of at least 4 members (excludes halogenated alkanes) is 2. The van der Waals surface area contributed by atoms with Crippen molar-refractivity contribution in [2.75, 3.05) is 32.8 Å². The first-order valence-corrected chi connectivity index (χ1v) is 12.1. The molecule has 4 nitrogen and oxygen atoms in total. The predicted molar refractivity (Wildman–Crippen MR) is 119 cm³/mol. The highest BCUT2D eigenvalue weighted by Crippen LogP contribution is 2.48. The van der Waals surface area contributed by atoms with Crippen LogP contribution in [-0.4, -0.2) is 59.7 Å². The predicted octanol–water partition coefficient (Wildman–Crippen LogP) is 4.32. The third-order valence-corrected chi connectivity index (χ3v) is 7.26. The van der Waals surface area contributed by atoms with Gasteiger partial charge in [-0.05, 0) is 70.3 Å². The molecule has 0 spiro atoms. The zero-order chi connectivity index (χ0) is 20.7. The number of nitrogens with zero attached hydrogens (tertiary/aromatic N) is 1. The van der Waals surface area contributed by atoms with E-state index in [0.717, 1.165) is 58.4 Å². The van der Waals surface area contributed by atoms with E-state index in [1.54, 1.807) is 5.57 Å². The Kier molecular flexibility index (Phi) is 8.79. The van der Waals surface area contributed by atoms with Crippen LogP contribution < -0.4 is 0 Å². The summed E-state index contributed by atoms with van der Waals surface area (Å²) in [6.07, 6.45) is 16.1. The molecule has 3 aliphatic rings. The Labute approximate surface area is 178 Å². The van der Waals surface area contributed by atoms with Crippen LogP contribution in [0.3, 0.4) is 0 Å². The molecule has 1 heterocycles. The molecule has 4 heteroatoms. The summed E-state index contributed by atoms with van der Waals surface area (Å²) < 4.78 is 5.42. The minimum atomic E-state index is -0.616. The monoisotopic (exact) mass is 405 g/mol. The smallest absolute Gasteiger partial charge is 0.0654 e. The maximum atomic E-state index is 10.6. The number of aliphatic hydroxyl groups is 2. The van der Waals surface area contributed by atoms with Crippen LogP contribution in [0.15, 0.2) is 23.8 Å². The third kappa shape index (κ3) is 6.92. The molecule has 1 saturated heterocycles. The summed E-state index contributed by atoms with van der Waals surface area (Å²) in [5, 5.41) is 21.0. The van der Waals surface area contributed by atoms with Crippen molar-refractivity contribution in [2.45, 2.75) is 83.3 Å². The Morgan fingerprint density at radius 2 is 2.03 bits per heavy atom. The van der Waals surface area contributed by atoms with Gasteiger partial charge in [-0.15, -0.1) is 0 Å². The normalized spacial score (nSPS) is 32.5. The minimum absolute atomic E-state index is 0.221. The molecule has 1 aliphatic heterocycles. The summed E-state index contributed by atoms with van der Waals surface area (Å²) in [5.41, 5.74) is 0.997. The summed E-state index contributed by atoms with van der Waals surface area (Å²) in [6, 6.07) is 0. The molecule has 2 aliphatic carbocycles. The van der Waals surface area contributed by atoms with Gasteiger partial charge in [0.25, 0.3) is 0 Å². The topological polar surface area (TPSA) is 52.9 Å². The van der Waals surface area contributed by atoms with E-state index in [1.165, 1.54) is 25.8 Å². The standard InChI is InChI=1S/C25H43NO3/c1-3-4-10-25(2,28)11-7-9-22-23-18-20(17-21(23)19-24(22)27)8-5-6-12-26-13-15-29-16-14-26/h7,9,17,21-24,27-28H,3-6,8,10-16,18-19H2,1-2H3/t21-,22+,23-,24+,25-/m0/s1. The van der Waals surface area contributed by atoms with Gasteiger partial charge in [-0.2, -0.15) is 0 Å². The molecule has 166 valence electrons. The van der Waals surface area contributed by atoms with Crippen molar-refractivity contribution >= 4 is 0 Å². The fourth-order valence-corrected chi connectivity index (χ4v) is 5.44. The first kappa shape index (κ1) is 23.0. The van der Waals surface area contributed by atoms with Crippen molar-refractivity contribution in [1.82, 2.24) is 4.90 Å². The van der Waals surface area contributed by atoms with Crippen LogP contribution in [0.1, 0.15) is 71.6 Å². The van der Waals surface area contributed by atoms with Gasteiger partial charge in [0.2, 0.25) is 0 Å². The Morgan fingerprint density at radius 3 is 2.79 bits per heavy atom. The highest BCUT2D eigenvalue weighted by atomic mass is 16.5. The third-order valence-electron chi connectivity index (χ3n) is 7.26. The van der Waals surface area contributed by atoms with E-state index < -0.39 is 5.60 Å². The summed E-state index contributed by atoms with van der Waals surface area (Å²) in [6.45, 7) is 9.25. The molecule has 1 saturated carbocycles. The quantitative estimate of drug-likeness (QED) is 0.397. The van der Waals surface area contributed by atoms with Crippen LogP contribution >= 0.6 is 0 Å². The lowest BCUT2D eigenvalue weighted by atomic mass is 9.87. The number of hydrogen-bond acceptors (Lipinski definition) is 4. The molecule has 0 unspecified atom stereocenters. The van der Waals surface area contributed by atoms with Crippen LogP contribution in [0, 0.1) is 17.8 Å². The summed E-state index contributed by atoms with van der Waals surface area (Å²) in [5.74, 6) is 1.37. The molecule has 2 fully saturated rings. The number of fused-ring (bicyclic) bond motifs is 1. The van der Waals surface area contributed by atoms with Crippen molar-refractivity contribution in [3.63, 3.8) is 0 Å². The molecular formula is C25H43NO3. The molecule has 0 aromatic carbocycles. The van der Waals surface area contributed by atoms with Gasteiger partial charge >= 0.3 is 0 Å². The van der Waals surface area contributed by atoms with Crippen molar-refractivity contribution < 1.29 is 14.9 Å². The highest BCUT2D eigenvalue weighted by molar-refractivity contribution is 5.20. The number of morpholine rings is 1. The summed E-state index contributed by atoms with van der Waals surface area (Å²) >= 11 is 0. The molecule has 0 aromatic heterocycles. The lowest BCUT2D eigenvalue weighted by molar-refractivity contribution is 0.0372. The molecule has 29 heavy (non-hydrogen) atoms. The zero-order valence-electron chi connectivity index (χ0n) is 18.7. The van der Waals surface area contributed by atoms with Gasteiger partial charge in [0, 0.05) is 19.0 Å². The van der Waals surface area contributed by atoms with E-state index in [4.69, 9.17) is 4.74 Å². The molecule has 0 bridgehead atoms. The first-order chi connectivity index (χ1) is 14.0. The number of allylic oxidation sites excluding steroid dienone is 2. The van der Waals surface area contributed by atoms with Gasteiger partial charge in [0.05, 0.1) is 24.9 Å². The fraction of sp³-hybridized carbons (Fsp3) is 0.840. The van der Waals surface area contributed by atoms with E-state index in [9.17, 15) is 10.2 Å². The fourth-order valence-electron chi connectivity index (χ4n) is 5.44. The first-order valence-electron chi connectivity index (χ1n) is 12.1. The van der Waals surface area contributed by atoms with E-state index in [2.05, 4.69) is 30.1 Å². The maximum Gasteiger partial charge on any atom is 0.0654 e.